The number of aromatic nitrogens is 3. The second-order valence-corrected chi connectivity index (χ2v) is 7.22. The Morgan fingerprint density at radius 3 is 2.61 bits per heavy atom. The monoisotopic (exact) mass is 334 g/mol. The highest BCUT2D eigenvalue weighted by Gasteiger charge is 2.29. The summed E-state index contributed by atoms with van der Waals surface area (Å²) in [6.07, 6.45) is 1.70. The first-order chi connectivity index (χ1) is 11.0. The summed E-state index contributed by atoms with van der Waals surface area (Å²) in [5.74, 6) is 1.20. The third kappa shape index (κ3) is 2.97. The van der Waals surface area contributed by atoms with Gasteiger partial charge in [0.15, 0.2) is 0 Å². The lowest BCUT2D eigenvalue weighted by atomic mass is 9.95. The number of carbonyl (C=O) groups is 1. The van der Waals surface area contributed by atoms with Crippen molar-refractivity contribution in [2.24, 2.45) is 7.05 Å². The zero-order valence-corrected chi connectivity index (χ0v) is 14.5. The molecule has 1 fully saturated rings. The van der Waals surface area contributed by atoms with Crippen LogP contribution in [0.1, 0.15) is 54.1 Å². The molecular formula is C16H22N4O2S. The number of rotatable bonds is 3. The van der Waals surface area contributed by atoms with E-state index in [4.69, 9.17) is 0 Å². The van der Waals surface area contributed by atoms with E-state index in [1.807, 2.05) is 36.3 Å². The molecule has 6 nitrogen and oxygen atoms in total. The predicted octanol–water partition coefficient (Wildman–Crippen LogP) is 2.24. The molecule has 23 heavy (non-hydrogen) atoms. The normalized spacial score (nSPS) is 16.3. The summed E-state index contributed by atoms with van der Waals surface area (Å²) < 4.78 is 3.19. The molecule has 0 atom stereocenters. The average molecular weight is 334 g/mol. The van der Waals surface area contributed by atoms with E-state index in [0.29, 0.717) is 13.1 Å². The number of hydrogen-bond acceptors (Lipinski definition) is 4. The van der Waals surface area contributed by atoms with E-state index in [-0.39, 0.29) is 23.6 Å². The molecule has 0 spiro atoms. The zero-order valence-electron chi connectivity index (χ0n) is 13.7. The lowest BCUT2D eigenvalue weighted by Crippen LogP contribution is -2.38. The van der Waals surface area contributed by atoms with Crippen molar-refractivity contribution in [1.82, 2.24) is 19.2 Å². The molecule has 0 unspecified atom stereocenters. The molecule has 0 aromatic carbocycles. The molecule has 1 saturated heterocycles. The third-order valence-electron chi connectivity index (χ3n) is 4.38. The summed E-state index contributed by atoms with van der Waals surface area (Å²) in [6, 6.07) is 3.87. The van der Waals surface area contributed by atoms with Crippen LogP contribution in [-0.2, 0) is 7.05 Å². The van der Waals surface area contributed by atoms with Crippen LogP contribution in [0.5, 0.6) is 0 Å². The molecule has 0 radical (unpaired) electrons. The van der Waals surface area contributed by atoms with E-state index in [0.717, 1.165) is 23.5 Å². The van der Waals surface area contributed by atoms with Gasteiger partial charge in [0.05, 0.1) is 4.88 Å². The van der Waals surface area contributed by atoms with Gasteiger partial charge in [0.2, 0.25) is 0 Å². The van der Waals surface area contributed by atoms with Crippen molar-refractivity contribution in [3.8, 4) is 0 Å². The van der Waals surface area contributed by atoms with Gasteiger partial charge in [0.1, 0.15) is 5.82 Å². The third-order valence-corrected chi connectivity index (χ3v) is 5.24. The minimum absolute atomic E-state index is 0.0629. The van der Waals surface area contributed by atoms with E-state index in [2.05, 4.69) is 5.10 Å². The van der Waals surface area contributed by atoms with Crippen molar-refractivity contribution in [1.29, 1.82) is 0 Å². The fraction of sp³-hybridized carbons (Fsp3) is 0.562. The molecule has 1 aliphatic rings. The lowest BCUT2D eigenvalue weighted by molar-refractivity contribution is 0.0714. The number of aryl methyl sites for hydroxylation is 1. The number of thiophene rings is 1. The molecule has 2 aromatic heterocycles. The first-order valence-electron chi connectivity index (χ1n) is 7.97. The second kappa shape index (κ2) is 6.31. The van der Waals surface area contributed by atoms with Crippen LogP contribution in [0.15, 0.2) is 22.3 Å². The first-order valence-corrected chi connectivity index (χ1v) is 8.85. The fourth-order valence-electron chi connectivity index (χ4n) is 3.16. The van der Waals surface area contributed by atoms with E-state index in [9.17, 15) is 9.59 Å². The molecule has 7 heteroatoms. The summed E-state index contributed by atoms with van der Waals surface area (Å²) in [5.41, 5.74) is -0.0629. The quantitative estimate of drug-likeness (QED) is 0.865. The number of nitrogens with zero attached hydrogens (tertiary/aromatic N) is 4. The van der Waals surface area contributed by atoms with Crippen LogP contribution in [0.3, 0.4) is 0 Å². The predicted molar refractivity (Wildman–Crippen MR) is 90.1 cm³/mol. The van der Waals surface area contributed by atoms with Crippen molar-refractivity contribution in [3.05, 3.63) is 38.7 Å². The molecule has 0 aliphatic carbocycles. The molecule has 2 aromatic rings. The molecule has 0 saturated carbocycles. The first kappa shape index (κ1) is 16.0. The van der Waals surface area contributed by atoms with Crippen molar-refractivity contribution in [2.75, 3.05) is 13.1 Å². The largest absolute Gasteiger partial charge is 0.345 e. The highest BCUT2D eigenvalue weighted by Crippen LogP contribution is 2.28. The van der Waals surface area contributed by atoms with E-state index in [1.165, 1.54) is 16.0 Å². The molecule has 0 N–H and O–H groups in total. The van der Waals surface area contributed by atoms with E-state index >= 15 is 0 Å². The van der Waals surface area contributed by atoms with Crippen LogP contribution in [0.2, 0.25) is 0 Å². The topological polar surface area (TPSA) is 60.1 Å². The number of piperidine rings is 1. The Labute approximate surface area is 139 Å². The zero-order chi connectivity index (χ0) is 16.6. The van der Waals surface area contributed by atoms with Crippen LogP contribution in [0.25, 0.3) is 0 Å². The molecule has 124 valence electrons. The molecule has 3 rings (SSSR count). The van der Waals surface area contributed by atoms with Crippen molar-refractivity contribution in [3.63, 3.8) is 0 Å². The second-order valence-electron chi connectivity index (χ2n) is 6.27. The van der Waals surface area contributed by atoms with Gasteiger partial charge < -0.3 is 4.90 Å². The fourth-order valence-corrected chi connectivity index (χ4v) is 3.85. The van der Waals surface area contributed by atoms with Crippen molar-refractivity contribution in [2.45, 2.75) is 38.6 Å². The minimum atomic E-state index is -0.0629. The van der Waals surface area contributed by atoms with Gasteiger partial charge in [-0.2, -0.15) is 5.10 Å². The van der Waals surface area contributed by atoms with Gasteiger partial charge in [-0.05, 0) is 38.1 Å². The number of amides is 1. The minimum Gasteiger partial charge on any atom is -0.338 e. The van der Waals surface area contributed by atoms with Crippen LogP contribution in [0.4, 0.5) is 0 Å². The highest BCUT2D eigenvalue weighted by molar-refractivity contribution is 7.12. The number of carbonyl (C=O) groups excluding carboxylic acids is 1. The molecule has 1 amide bonds. The molecule has 1 aliphatic heterocycles. The van der Waals surface area contributed by atoms with Gasteiger partial charge >= 0.3 is 5.69 Å². The van der Waals surface area contributed by atoms with Crippen LogP contribution in [0, 0.1) is 0 Å². The van der Waals surface area contributed by atoms with Crippen molar-refractivity contribution < 1.29 is 4.79 Å². The number of hydrogen-bond donors (Lipinski definition) is 0. The Kier molecular flexibility index (Phi) is 4.39. The van der Waals surface area contributed by atoms with Gasteiger partial charge in [0, 0.05) is 32.1 Å². The van der Waals surface area contributed by atoms with E-state index < -0.39 is 0 Å². The average Bonchev–Trinajstić information content (AvgIpc) is 3.16. The van der Waals surface area contributed by atoms with Crippen molar-refractivity contribution >= 4 is 17.2 Å². The maximum Gasteiger partial charge on any atom is 0.345 e. The summed E-state index contributed by atoms with van der Waals surface area (Å²) in [4.78, 5) is 27.3. The lowest BCUT2D eigenvalue weighted by Gasteiger charge is -2.31. The smallest absolute Gasteiger partial charge is 0.338 e. The van der Waals surface area contributed by atoms with Gasteiger partial charge in [-0.25, -0.2) is 9.48 Å². The standard InChI is InChI=1S/C16H22N4O2S/c1-11(2)20-14(17-18(3)16(20)22)12-6-8-19(9-7-12)15(21)13-5-4-10-23-13/h4-5,10-12H,6-9H2,1-3H3. The number of likely N-dealkylation sites (tertiary alicyclic amines) is 1. The Balaban J connectivity index is 1.74. The van der Waals surface area contributed by atoms with Gasteiger partial charge in [-0.3, -0.25) is 9.36 Å². The summed E-state index contributed by atoms with van der Waals surface area (Å²) in [6.45, 7) is 5.43. The molecule has 3 heterocycles. The highest BCUT2D eigenvalue weighted by atomic mass is 32.1. The van der Waals surface area contributed by atoms with Gasteiger partial charge in [-0.1, -0.05) is 6.07 Å². The summed E-state index contributed by atoms with van der Waals surface area (Å²) >= 11 is 1.48. The van der Waals surface area contributed by atoms with Gasteiger partial charge in [-0.15, -0.1) is 11.3 Å². The van der Waals surface area contributed by atoms with Crippen LogP contribution < -0.4 is 5.69 Å². The van der Waals surface area contributed by atoms with Crippen LogP contribution in [-0.4, -0.2) is 38.2 Å². The van der Waals surface area contributed by atoms with Crippen LogP contribution >= 0.6 is 11.3 Å². The van der Waals surface area contributed by atoms with Gasteiger partial charge in [0.25, 0.3) is 5.91 Å². The summed E-state index contributed by atoms with van der Waals surface area (Å²) in [5, 5.41) is 6.37. The Bertz CT molecular complexity index is 737. The Morgan fingerprint density at radius 1 is 1.35 bits per heavy atom. The molecular weight excluding hydrogens is 312 g/mol. The molecule has 0 bridgehead atoms. The maximum atomic E-state index is 12.4. The SMILES string of the molecule is CC(C)n1c(C2CCN(C(=O)c3cccs3)CC2)nn(C)c1=O. The summed E-state index contributed by atoms with van der Waals surface area (Å²) in [7, 11) is 1.69. The maximum absolute atomic E-state index is 12.4. The van der Waals surface area contributed by atoms with E-state index in [1.54, 1.807) is 11.6 Å². The Hall–Kier alpha value is -1.89. The Morgan fingerprint density at radius 2 is 2.04 bits per heavy atom.